The number of benzene rings is 1. The number of nitrogens with zero attached hydrogens (tertiary/aromatic N) is 2. The molecule has 0 radical (unpaired) electrons. The van der Waals surface area contributed by atoms with E-state index < -0.39 is 6.10 Å². The third-order valence-corrected chi connectivity index (χ3v) is 3.55. The first-order valence-electron chi connectivity index (χ1n) is 6.15. The van der Waals surface area contributed by atoms with Crippen LogP contribution in [-0.2, 0) is 19.9 Å². The zero-order chi connectivity index (χ0) is 14.0. The molecule has 0 fully saturated rings. The highest BCUT2D eigenvalue weighted by Crippen LogP contribution is 2.24. The van der Waals surface area contributed by atoms with Gasteiger partial charge in [0.15, 0.2) is 0 Å². The van der Waals surface area contributed by atoms with E-state index in [4.69, 9.17) is 0 Å². The van der Waals surface area contributed by atoms with Crippen LogP contribution in [0.3, 0.4) is 0 Å². The molecule has 1 heterocycles. The molecule has 1 unspecified atom stereocenters. The molecular formula is C14H16BrFN2O. The Morgan fingerprint density at radius 2 is 2.21 bits per heavy atom. The summed E-state index contributed by atoms with van der Waals surface area (Å²) in [7, 11) is 1.81. The highest BCUT2D eigenvalue weighted by Gasteiger charge is 2.17. The van der Waals surface area contributed by atoms with Crippen LogP contribution in [-0.4, -0.2) is 14.9 Å². The minimum Gasteiger partial charge on any atom is -0.388 e. The van der Waals surface area contributed by atoms with Crippen LogP contribution in [0.2, 0.25) is 0 Å². The van der Waals surface area contributed by atoms with E-state index in [-0.39, 0.29) is 12.2 Å². The molecule has 2 rings (SSSR count). The molecule has 0 spiro atoms. The molecule has 2 aromatic rings. The van der Waals surface area contributed by atoms with E-state index in [0.29, 0.717) is 5.56 Å². The molecule has 0 amide bonds. The normalized spacial score (nSPS) is 12.7. The SMILES string of the molecule is CCc1nn(C)cc1C(O)Cc1cc(Br)ccc1F. The summed E-state index contributed by atoms with van der Waals surface area (Å²) >= 11 is 3.31. The van der Waals surface area contributed by atoms with E-state index in [0.717, 1.165) is 22.2 Å². The fourth-order valence-corrected chi connectivity index (χ4v) is 2.53. The van der Waals surface area contributed by atoms with Crippen LogP contribution in [0.15, 0.2) is 28.9 Å². The Kier molecular flexibility index (Phi) is 4.37. The van der Waals surface area contributed by atoms with Gasteiger partial charge in [0.1, 0.15) is 5.82 Å². The maximum atomic E-state index is 13.7. The number of aliphatic hydroxyl groups is 1. The van der Waals surface area contributed by atoms with Crippen molar-refractivity contribution in [2.45, 2.75) is 25.9 Å². The van der Waals surface area contributed by atoms with E-state index >= 15 is 0 Å². The lowest BCUT2D eigenvalue weighted by Crippen LogP contribution is -2.05. The minimum atomic E-state index is -0.743. The Balaban J connectivity index is 2.25. The van der Waals surface area contributed by atoms with Gasteiger partial charge >= 0.3 is 0 Å². The number of rotatable bonds is 4. The second-order valence-corrected chi connectivity index (χ2v) is 5.43. The number of hydrogen-bond acceptors (Lipinski definition) is 2. The predicted molar refractivity (Wildman–Crippen MR) is 75.3 cm³/mol. The molecule has 102 valence electrons. The van der Waals surface area contributed by atoms with Crippen molar-refractivity contribution in [1.82, 2.24) is 9.78 Å². The molecule has 1 N–H and O–H groups in total. The van der Waals surface area contributed by atoms with E-state index in [1.54, 1.807) is 23.0 Å². The van der Waals surface area contributed by atoms with Gasteiger partial charge in [-0.1, -0.05) is 22.9 Å². The van der Waals surface area contributed by atoms with Gasteiger partial charge in [0.25, 0.3) is 0 Å². The average Bonchev–Trinajstić information content (AvgIpc) is 2.75. The Labute approximate surface area is 120 Å². The summed E-state index contributed by atoms with van der Waals surface area (Å²) in [5, 5.41) is 14.6. The first-order valence-corrected chi connectivity index (χ1v) is 6.95. The summed E-state index contributed by atoms with van der Waals surface area (Å²) in [6.07, 6.45) is 2.03. The molecule has 1 atom stereocenters. The first-order chi connectivity index (χ1) is 9.01. The molecule has 1 aromatic heterocycles. The maximum Gasteiger partial charge on any atom is 0.126 e. The molecular weight excluding hydrogens is 311 g/mol. The summed E-state index contributed by atoms with van der Waals surface area (Å²) in [4.78, 5) is 0. The quantitative estimate of drug-likeness (QED) is 0.937. The highest BCUT2D eigenvalue weighted by molar-refractivity contribution is 9.10. The van der Waals surface area contributed by atoms with Crippen molar-refractivity contribution in [3.05, 3.63) is 51.5 Å². The highest BCUT2D eigenvalue weighted by atomic mass is 79.9. The number of aryl methyl sites for hydroxylation is 2. The zero-order valence-electron chi connectivity index (χ0n) is 10.9. The number of aromatic nitrogens is 2. The first kappa shape index (κ1) is 14.2. The predicted octanol–water partition coefficient (Wildman–Crippen LogP) is 3.16. The van der Waals surface area contributed by atoms with E-state index in [2.05, 4.69) is 21.0 Å². The van der Waals surface area contributed by atoms with Crippen molar-refractivity contribution >= 4 is 15.9 Å². The smallest absolute Gasteiger partial charge is 0.126 e. The van der Waals surface area contributed by atoms with Gasteiger partial charge in [-0.3, -0.25) is 4.68 Å². The van der Waals surface area contributed by atoms with Gasteiger partial charge in [0.05, 0.1) is 11.8 Å². The van der Waals surface area contributed by atoms with Gasteiger partial charge in [-0.15, -0.1) is 0 Å². The molecule has 0 saturated heterocycles. The number of hydrogen-bond donors (Lipinski definition) is 1. The Morgan fingerprint density at radius 1 is 1.47 bits per heavy atom. The van der Waals surface area contributed by atoms with Gasteiger partial charge in [-0.2, -0.15) is 5.10 Å². The summed E-state index contributed by atoms with van der Waals surface area (Å²) in [6, 6.07) is 4.74. The molecule has 0 aliphatic carbocycles. The maximum absolute atomic E-state index is 13.7. The van der Waals surface area contributed by atoms with Crippen LogP contribution >= 0.6 is 15.9 Å². The van der Waals surface area contributed by atoms with E-state index in [1.807, 2.05) is 14.0 Å². The monoisotopic (exact) mass is 326 g/mol. The van der Waals surface area contributed by atoms with E-state index in [1.165, 1.54) is 6.07 Å². The van der Waals surface area contributed by atoms with Crippen molar-refractivity contribution < 1.29 is 9.50 Å². The summed E-state index contributed by atoms with van der Waals surface area (Å²) in [6.45, 7) is 1.98. The molecule has 0 aliphatic rings. The molecule has 0 bridgehead atoms. The number of halogens is 2. The molecule has 0 saturated carbocycles. The largest absolute Gasteiger partial charge is 0.388 e. The summed E-state index contributed by atoms with van der Waals surface area (Å²) in [5.74, 6) is -0.302. The minimum absolute atomic E-state index is 0.240. The van der Waals surface area contributed by atoms with Gasteiger partial charge in [-0.25, -0.2) is 4.39 Å². The fraction of sp³-hybridized carbons (Fsp3) is 0.357. The summed E-state index contributed by atoms with van der Waals surface area (Å²) in [5.41, 5.74) is 2.11. The zero-order valence-corrected chi connectivity index (χ0v) is 12.5. The van der Waals surface area contributed by atoms with Crippen molar-refractivity contribution in [2.75, 3.05) is 0 Å². The van der Waals surface area contributed by atoms with Crippen molar-refractivity contribution in [3.8, 4) is 0 Å². The average molecular weight is 327 g/mol. The lowest BCUT2D eigenvalue weighted by atomic mass is 10.0. The van der Waals surface area contributed by atoms with Gasteiger partial charge in [0.2, 0.25) is 0 Å². The van der Waals surface area contributed by atoms with Gasteiger partial charge < -0.3 is 5.11 Å². The second kappa shape index (κ2) is 5.84. The van der Waals surface area contributed by atoms with E-state index in [9.17, 15) is 9.50 Å². The van der Waals surface area contributed by atoms with Crippen LogP contribution in [0.25, 0.3) is 0 Å². The Hall–Kier alpha value is -1.20. The molecule has 19 heavy (non-hydrogen) atoms. The topological polar surface area (TPSA) is 38.0 Å². The third kappa shape index (κ3) is 3.22. The van der Waals surface area contributed by atoms with Crippen LogP contribution in [0, 0.1) is 5.82 Å². The van der Waals surface area contributed by atoms with Crippen LogP contribution in [0.1, 0.15) is 29.8 Å². The van der Waals surface area contributed by atoms with Crippen LogP contribution in [0.4, 0.5) is 4.39 Å². The Bertz CT molecular complexity index is 583. The molecule has 1 aromatic carbocycles. The second-order valence-electron chi connectivity index (χ2n) is 4.51. The molecule has 0 aliphatic heterocycles. The van der Waals surface area contributed by atoms with Gasteiger partial charge in [-0.05, 0) is 30.2 Å². The number of aliphatic hydroxyl groups excluding tert-OH is 1. The lowest BCUT2D eigenvalue weighted by Gasteiger charge is -2.11. The third-order valence-electron chi connectivity index (χ3n) is 3.05. The van der Waals surface area contributed by atoms with Crippen LogP contribution < -0.4 is 0 Å². The van der Waals surface area contributed by atoms with Crippen molar-refractivity contribution in [1.29, 1.82) is 0 Å². The van der Waals surface area contributed by atoms with Crippen molar-refractivity contribution in [2.24, 2.45) is 7.05 Å². The lowest BCUT2D eigenvalue weighted by molar-refractivity contribution is 0.176. The van der Waals surface area contributed by atoms with Crippen molar-refractivity contribution in [3.63, 3.8) is 0 Å². The Morgan fingerprint density at radius 3 is 2.89 bits per heavy atom. The molecule has 5 heteroatoms. The van der Waals surface area contributed by atoms with Crippen LogP contribution in [0.5, 0.6) is 0 Å². The fourth-order valence-electron chi connectivity index (χ4n) is 2.12. The molecule has 3 nitrogen and oxygen atoms in total. The standard InChI is InChI=1S/C14H16BrFN2O/c1-3-13-11(8-18(2)17-13)14(19)7-9-6-10(15)4-5-12(9)16/h4-6,8,14,19H,3,7H2,1-2H3. The van der Waals surface area contributed by atoms with Gasteiger partial charge in [0, 0.05) is 29.7 Å². The summed E-state index contributed by atoms with van der Waals surface area (Å²) < 4.78 is 16.2.